The molecule has 1 aliphatic heterocycles. The molecule has 24 heavy (non-hydrogen) atoms. The van der Waals surface area contributed by atoms with Gasteiger partial charge in [-0.05, 0) is 37.1 Å². The number of β-amino-alcohol motifs (C(OH)–C–C–N with tert-alkyl or cyclic N) is 1. The fourth-order valence-electron chi connectivity index (χ4n) is 2.90. The molecular formula is C18H24F2N2O2. The normalized spacial score (nSPS) is 22.0. The Morgan fingerprint density at radius 2 is 2.12 bits per heavy atom. The summed E-state index contributed by atoms with van der Waals surface area (Å²) in [6.07, 6.45) is 5.11. The van der Waals surface area contributed by atoms with Gasteiger partial charge < -0.3 is 10.0 Å². The zero-order valence-electron chi connectivity index (χ0n) is 14.1. The minimum atomic E-state index is -1.00. The van der Waals surface area contributed by atoms with E-state index in [0.29, 0.717) is 25.1 Å². The number of piperidine rings is 1. The maximum atomic E-state index is 13.2. The third kappa shape index (κ3) is 5.11. The van der Waals surface area contributed by atoms with Gasteiger partial charge in [-0.25, -0.2) is 8.78 Å². The van der Waals surface area contributed by atoms with Crippen LogP contribution in [-0.2, 0) is 4.79 Å². The first kappa shape index (κ1) is 18.5. The number of amides is 1. The highest BCUT2D eigenvalue weighted by molar-refractivity contribution is 5.76. The minimum Gasteiger partial charge on any atom is -0.388 e. The molecule has 0 aliphatic carbocycles. The van der Waals surface area contributed by atoms with Crippen LogP contribution in [0.1, 0.15) is 24.8 Å². The number of hydrogen-bond acceptors (Lipinski definition) is 3. The third-order valence-electron chi connectivity index (χ3n) is 4.23. The molecule has 0 radical (unpaired) electrons. The lowest BCUT2D eigenvalue weighted by molar-refractivity contribution is -0.136. The Labute approximate surface area is 141 Å². The Kier molecular flexibility index (Phi) is 6.07. The van der Waals surface area contributed by atoms with E-state index in [9.17, 15) is 18.7 Å². The van der Waals surface area contributed by atoms with Gasteiger partial charge in [0, 0.05) is 27.2 Å². The molecule has 2 rings (SSSR count). The molecule has 1 atom stereocenters. The smallest absolute Gasteiger partial charge is 0.224 e. The molecule has 1 unspecified atom stereocenters. The summed E-state index contributed by atoms with van der Waals surface area (Å²) in [5, 5.41) is 10.6. The van der Waals surface area contributed by atoms with Crippen LogP contribution in [0.15, 0.2) is 24.3 Å². The standard InChI is InChI=1S/C18H24F2N2O2/c1-21(2)17(23)12-18(24)8-4-10-22(13-18)9-3-5-14-6-7-15(19)16(20)11-14/h3,5-7,11,24H,4,8-10,12-13H2,1-2H3/b5-3+. The summed E-state index contributed by atoms with van der Waals surface area (Å²) < 4.78 is 26.1. The summed E-state index contributed by atoms with van der Waals surface area (Å²) in [7, 11) is 3.35. The molecule has 1 aliphatic rings. The number of hydrogen-bond donors (Lipinski definition) is 1. The van der Waals surface area contributed by atoms with Crippen LogP contribution in [0.4, 0.5) is 8.78 Å². The van der Waals surface area contributed by atoms with Crippen molar-refractivity contribution in [1.82, 2.24) is 9.80 Å². The van der Waals surface area contributed by atoms with Crippen molar-refractivity contribution in [3.63, 3.8) is 0 Å². The van der Waals surface area contributed by atoms with Gasteiger partial charge in [0.15, 0.2) is 11.6 Å². The Morgan fingerprint density at radius 1 is 1.38 bits per heavy atom. The molecule has 0 saturated carbocycles. The van der Waals surface area contributed by atoms with E-state index in [1.165, 1.54) is 11.0 Å². The molecule has 0 spiro atoms. The van der Waals surface area contributed by atoms with Crippen LogP contribution in [0.25, 0.3) is 6.08 Å². The van der Waals surface area contributed by atoms with Gasteiger partial charge in [-0.2, -0.15) is 0 Å². The van der Waals surface area contributed by atoms with E-state index in [1.54, 1.807) is 20.2 Å². The maximum Gasteiger partial charge on any atom is 0.224 e. The SMILES string of the molecule is CN(C)C(=O)CC1(O)CCCN(C/C=C/c2ccc(F)c(F)c2)C1. The number of nitrogens with zero attached hydrogens (tertiary/aromatic N) is 2. The van der Waals surface area contributed by atoms with Crippen LogP contribution < -0.4 is 0 Å². The van der Waals surface area contributed by atoms with Gasteiger partial charge in [-0.3, -0.25) is 9.69 Å². The number of halogens is 2. The number of carbonyl (C=O) groups excluding carboxylic acids is 1. The van der Waals surface area contributed by atoms with Crippen molar-refractivity contribution in [2.24, 2.45) is 0 Å². The predicted molar refractivity (Wildman–Crippen MR) is 89.3 cm³/mol. The molecule has 1 fully saturated rings. The number of carbonyl (C=O) groups is 1. The van der Waals surface area contributed by atoms with E-state index in [1.807, 2.05) is 6.08 Å². The van der Waals surface area contributed by atoms with Crippen molar-refractivity contribution in [1.29, 1.82) is 0 Å². The average Bonchev–Trinajstić information content (AvgIpc) is 2.50. The summed E-state index contributed by atoms with van der Waals surface area (Å²) >= 11 is 0. The Hall–Kier alpha value is -1.79. The van der Waals surface area contributed by atoms with E-state index in [4.69, 9.17) is 0 Å². The van der Waals surface area contributed by atoms with Gasteiger partial charge in [0.2, 0.25) is 5.91 Å². The van der Waals surface area contributed by atoms with E-state index >= 15 is 0 Å². The third-order valence-corrected chi connectivity index (χ3v) is 4.23. The highest BCUT2D eigenvalue weighted by Crippen LogP contribution is 2.25. The van der Waals surface area contributed by atoms with Gasteiger partial charge in [-0.15, -0.1) is 0 Å². The first-order valence-electron chi connectivity index (χ1n) is 8.05. The minimum absolute atomic E-state index is 0.0864. The highest BCUT2D eigenvalue weighted by atomic mass is 19.2. The van der Waals surface area contributed by atoms with Crippen LogP contribution in [0, 0.1) is 11.6 Å². The maximum absolute atomic E-state index is 13.2. The fourth-order valence-corrected chi connectivity index (χ4v) is 2.90. The Balaban J connectivity index is 1.91. The van der Waals surface area contributed by atoms with Crippen molar-refractivity contribution >= 4 is 12.0 Å². The van der Waals surface area contributed by atoms with E-state index in [-0.39, 0.29) is 12.3 Å². The van der Waals surface area contributed by atoms with Crippen molar-refractivity contribution in [2.45, 2.75) is 24.9 Å². The molecule has 0 aromatic heterocycles. The van der Waals surface area contributed by atoms with Gasteiger partial charge in [0.1, 0.15) is 0 Å². The zero-order valence-corrected chi connectivity index (χ0v) is 14.1. The summed E-state index contributed by atoms with van der Waals surface area (Å²) in [5.41, 5.74) is -0.418. The Morgan fingerprint density at radius 3 is 2.79 bits per heavy atom. The number of benzene rings is 1. The van der Waals surface area contributed by atoms with Crippen molar-refractivity contribution in [3.8, 4) is 0 Å². The average molecular weight is 338 g/mol. The van der Waals surface area contributed by atoms with Crippen molar-refractivity contribution in [3.05, 3.63) is 41.5 Å². The van der Waals surface area contributed by atoms with E-state index in [2.05, 4.69) is 4.90 Å². The van der Waals surface area contributed by atoms with Gasteiger partial charge in [0.25, 0.3) is 0 Å². The molecule has 6 heteroatoms. The van der Waals surface area contributed by atoms with E-state index < -0.39 is 17.2 Å². The molecule has 1 amide bonds. The van der Waals surface area contributed by atoms with Crippen LogP contribution in [-0.4, -0.2) is 60.1 Å². The van der Waals surface area contributed by atoms with Crippen molar-refractivity contribution < 1.29 is 18.7 Å². The lowest BCUT2D eigenvalue weighted by atomic mass is 9.89. The first-order valence-corrected chi connectivity index (χ1v) is 8.05. The summed E-state index contributed by atoms with van der Waals surface area (Å²) in [6, 6.07) is 3.76. The summed E-state index contributed by atoms with van der Waals surface area (Å²) in [4.78, 5) is 15.4. The molecule has 0 bridgehead atoms. The van der Waals surface area contributed by atoms with Crippen LogP contribution in [0.2, 0.25) is 0 Å². The quantitative estimate of drug-likeness (QED) is 0.896. The van der Waals surface area contributed by atoms with Gasteiger partial charge >= 0.3 is 0 Å². The van der Waals surface area contributed by atoms with E-state index in [0.717, 1.165) is 25.1 Å². The second-order valence-electron chi connectivity index (χ2n) is 6.60. The molecule has 1 aromatic carbocycles. The molecular weight excluding hydrogens is 314 g/mol. The second kappa shape index (κ2) is 7.85. The molecule has 1 aromatic rings. The lowest BCUT2D eigenvalue weighted by Gasteiger charge is -2.38. The van der Waals surface area contributed by atoms with Crippen LogP contribution in [0.3, 0.4) is 0 Å². The number of rotatable bonds is 5. The monoisotopic (exact) mass is 338 g/mol. The van der Waals surface area contributed by atoms with Gasteiger partial charge in [-0.1, -0.05) is 18.2 Å². The summed E-state index contributed by atoms with van der Waals surface area (Å²) in [6.45, 7) is 1.84. The van der Waals surface area contributed by atoms with Crippen molar-refractivity contribution in [2.75, 3.05) is 33.7 Å². The van der Waals surface area contributed by atoms with Gasteiger partial charge in [0.05, 0.1) is 12.0 Å². The summed E-state index contributed by atoms with van der Waals surface area (Å²) in [5.74, 6) is -1.82. The molecule has 1 N–H and O–H groups in total. The molecule has 4 nitrogen and oxygen atoms in total. The molecule has 1 heterocycles. The number of likely N-dealkylation sites (tertiary alicyclic amines) is 1. The largest absolute Gasteiger partial charge is 0.388 e. The second-order valence-corrected chi connectivity index (χ2v) is 6.60. The lowest BCUT2D eigenvalue weighted by Crippen LogP contribution is -2.50. The fraction of sp³-hybridized carbons (Fsp3) is 0.500. The van der Waals surface area contributed by atoms with Crippen LogP contribution in [0.5, 0.6) is 0 Å². The number of aliphatic hydroxyl groups is 1. The highest BCUT2D eigenvalue weighted by Gasteiger charge is 2.35. The molecule has 1 saturated heterocycles. The molecule has 132 valence electrons. The zero-order chi connectivity index (χ0) is 17.7. The first-order chi connectivity index (χ1) is 11.3. The Bertz CT molecular complexity index is 619. The van der Waals surface area contributed by atoms with Crippen LogP contribution >= 0.6 is 0 Å². The predicted octanol–water partition coefficient (Wildman–Crippen LogP) is 2.28. The topological polar surface area (TPSA) is 43.8 Å².